The predicted octanol–water partition coefficient (Wildman–Crippen LogP) is 18.8. The maximum absolute atomic E-state index is 13.0. The minimum absolute atomic E-state index is 0.103. The fourth-order valence-electron chi connectivity index (χ4n) is 10.1. The lowest BCUT2D eigenvalue weighted by Gasteiger charge is -2.21. The van der Waals surface area contributed by atoms with Crippen molar-refractivity contribution in [3.05, 3.63) is 0 Å². The molecule has 0 aromatic rings. The quantitative estimate of drug-likeness (QED) is 0.0222. The summed E-state index contributed by atoms with van der Waals surface area (Å²) in [6.45, 7) is 9.40. The van der Waals surface area contributed by atoms with E-state index >= 15 is 0 Å². The number of unbranched alkanes of at least 4 members (excludes halogenated alkanes) is 36. The Morgan fingerprint density at radius 1 is 0.314 bits per heavy atom. The van der Waals surface area contributed by atoms with E-state index in [0.29, 0.717) is 37.5 Å². The molecule has 0 rings (SSSR count). The molecule has 17 nitrogen and oxygen atoms in total. The molecule has 0 amide bonds. The van der Waals surface area contributed by atoms with Gasteiger partial charge in [0.2, 0.25) is 0 Å². The topological polar surface area (TPSA) is 237 Å². The minimum atomic E-state index is -4.95. The van der Waals surface area contributed by atoms with Gasteiger partial charge in [0.25, 0.3) is 0 Å². The van der Waals surface area contributed by atoms with E-state index in [1.54, 1.807) is 0 Å². The van der Waals surface area contributed by atoms with Gasteiger partial charge in [-0.1, -0.05) is 286 Å². The van der Waals surface area contributed by atoms with Gasteiger partial charge in [-0.15, -0.1) is 0 Å². The highest BCUT2D eigenvalue weighted by Crippen LogP contribution is 2.45. The van der Waals surface area contributed by atoms with E-state index < -0.39 is 97.5 Å². The maximum Gasteiger partial charge on any atom is 0.472 e. The number of aliphatic hydroxyl groups excluding tert-OH is 1. The van der Waals surface area contributed by atoms with Gasteiger partial charge in [0, 0.05) is 25.7 Å². The van der Waals surface area contributed by atoms with Crippen molar-refractivity contribution in [2.45, 2.75) is 355 Å². The number of hydrogen-bond acceptors (Lipinski definition) is 15. The van der Waals surface area contributed by atoms with E-state index in [-0.39, 0.29) is 25.7 Å². The molecule has 0 heterocycles. The van der Waals surface area contributed by atoms with E-state index in [1.165, 1.54) is 148 Å². The van der Waals surface area contributed by atoms with E-state index in [9.17, 15) is 43.2 Å². The predicted molar refractivity (Wildman–Crippen MR) is 345 cm³/mol. The number of aliphatic hydroxyl groups is 1. The number of hydrogen-bond donors (Lipinski definition) is 3. The Morgan fingerprint density at radius 2 is 0.535 bits per heavy atom. The van der Waals surface area contributed by atoms with Crippen LogP contribution in [-0.4, -0.2) is 96.7 Å². The first-order chi connectivity index (χ1) is 41.4. The van der Waals surface area contributed by atoms with Crippen LogP contribution in [0.5, 0.6) is 0 Å². The van der Waals surface area contributed by atoms with Crippen molar-refractivity contribution in [1.29, 1.82) is 0 Å². The van der Waals surface area contributed by atoms with Crippen molar-refractivity contribution in [2.24, 2.45) is 11.8 Å². The zero-order chi connectivity index (χ0) is 63.6. The summed E-state index contributed by atoms with van der Waals surface area (Å²) in [6, 6.07) is 0. The highest BCUT2D eigenvalue weighted by atomic mass is 31.2. The molecule has 0 saturated carbocycles. The summed E-state index contributed by atoms with van der Waals surface area (Å²) in [5.74, 6) is -0.730. The number of ether oxygens (including phenoxy) is 4. The second kappa shape index (κ2) is 59.4. The number of phosphoric acid groups is 2. The van der Waals surface area contributed by atoms with Gasteiger partial charge in [0.1, 0.15) is 19.3 Å². The first-order valence-electron chi connectivity index (χ1n) is 35.0. The fraction of sp³-hybridized carbons (Fsp3) is 0.940. The van der Waals surface area contributed by atoms with E-state index in [2.05, 4.69) is 41.5 Å². The Balaban J connectivity index is 5.22. The molecule has 0 radical (unpaired) electrons. The van der Waals surface area contributed by atoms with E-state index in [1.807, 2.05) is 0 Å². The van der Waals surface area contributed by atoms with Crippen LogP contribution in [0.2, 0.25) is 0 Å². The first kappa shape index (κ1) is 84.1. The third-order valence-electron chi connectivity index (χ3n) is 15.5. The molecule has 0 aliphatic carbocycles. The minimum Gasteiger partial charge on any atom is -0.462 e. The summed E-state index contributed by atoms with van der Waals surface area (Å²) in [5, 5.41) is 10.6. The number of carbonyl (C=O) groups excluding carboxylic acids is 4. The highest BCUT2D eigenvalue weighted by Gasteiger charge is 2.30. The first-order valence-corrected chi connectivity index (χ1v) is 38.0. The number of phosphoric ester groups is 2. The summed E-state index contributed by atoms with van der Waals surface area (Å²) in [6.07, 6.45) is 43.2. The van der Waals surface area contributed by atoms with Crippen molar-refractivity contribution < 1.29 is 80.2 Å². The molecule has 2 unspecified atom stereocenters. The van der Waals surface area contributed by atoms with Gasteiger partial charge in [-0.2, -0.15) is 0 Å². The van der Waals surface area contributed by atoms with Crippen molar-refractivity contribution in [2.75, 3.05) is 39.6 Å². The van der Waals surface area contributed by atoms with Crippen LogP contribution in [0, 0.1) is 11.8 Å². The second-order valence-electron chi connectivity index (χ2n) is 25.2. The van der Waals surface area contributed by atoms with Crippen LogP contribution in [0.25, 0.3) is 0 Å². The fourth-order valence-corrected chi connectivity index (χ4v) is 11.6. The van der Waals surface area contributed by atoms with Gasteiger partial charge in [-0.25, -0.2) is 9.13 Å². The lowest BCUT2D eigenvalue weighted by Crippen LogP contribution is -2.30. The van der Waals surface area contributed by atoms with Gasteiger partial charge >= 0.3 is 39.5 Å². The van der Waals surface area contributed by atoms with Crippen LogP contribution in [-0.2, 0) is 65.4 Å². The zero-order valence-electron chi connectivity index (χ0n) is 55.6. The van der Waals surface area contributed by atoms with Crippen molar-refractivity contribution in [3.8, 4) is 0 Å². The highest BCUT2D eigenvalue weighted by molar-refractivity contribution is 7.47. The molecule has 0 bridgehead atoms. The van der Waals surface area contributed by atoms with Gasteiger partial charge < -0.3 is 33.8 Å². The monoisotopic (exact) mass is 1270 g/mol. The molecule has 0 aromatic heterocycles. The van der Waals surface area contributed by atoms with E-state index in [4.69, 9.17) is 37.0 Å². The van der Waals surface area contributed by atoms with Crippen LogP contribution in [0.4, 0.5) is 0 Å². The Labute approximate surface area is 524 Å². The molecule has 5 atom stereocenters. The molecular weight excluding hydrogens is 1140 g/mol. The SMILES string of the molecule is CCCCCCCCCCCCCCCCCCC(=O)O[C@H](COC(=O)CCCCCCCCCC(C)C)COP(=O)(O)OC[C@@H](O)COP(=O)(O)OC[C@@H](COC(=O)CCCCCCCCCCCC)OC(=O)CCCCCCCCCC(C)C. The third kappa shape index (κ3) is 60.9. The van der Waals surface area contributed by atoms with Gasteiger partial charge in [0.15, 0.2) is 12.2 Å². The normalized spacial score (nSPS) is 14.2. The molecule has 86 heavy (non-hydrogen) atoms. The third-order valence-corrected chi connectivity index (χ3v) is 17.4. The largest absolute Gasteiger partial charge is 0.472 e. The summed E-state index contributed by atoms with van der Waals surface area (Å²) < 4.78 is 68.1. The lowest BCUT2D eigenvalue weighted by atomic mass is 10.0. The molecule has 0 aromatic carbocycles. The molecule has 0 saturated heterocycles. The summed E-state index contributed by atoms with van der Waals surface area (Å²) >= 11 is 0. The summed E-state index contributed by atoms with van der Waals surface area (Å²) in [4.78, 5) is 72.3. The van der Waals surface area contributed by atoms with Crippen LogP contribution in [0.3, 0.4) is 0 Å². The van der Waals surface area contributed by atoms with Crippen LogP contribution in [0.15, 0.2) is 0 Å². The van der Waals surface area contributed by atoms with Crippen LogP contribution >= 0.6 is 15.6 Å². The van der Waals surface area contributed by atoms with Crippen molar-refractivity contribution in [1.82, 2.24) is 0 Å². The molecule has 0 fully saturated rings. The lowest BCUT2D eigenvalue weighted by molar-refractivity contribution is -0.161. The molecule has 510 valence electrons. The van der Waals surface area contributed by atoms with Crippen LogP contribution < -0.4 is 0 Å². The smallest absolute Gasteiger partial charge is 0.462 e. The van der Waals surface area contributed by atoms with Gasteiger partial charge in [-0.05, 0) is 37.5 Å². The number of rotatable bonds is 66. The Bertz CT molecular complexity index is 1680. The standard InChI is InChI=1S/C67H130O17P2/c1-7-9-11-13-15-17-19-20-21-22-23-24-26-32-39-45-51-66(71)83-62(56-78-65(70)50-44-38-33-27-29-35-41-47-59(3)4)57-81-85(73,74)79-53-61(68)54-80-86(75,76)82-58-63(84-67(72)52-46-40-34-28-30-36-42-48-60(5)6)55-77-64(69)49-43-37-31-25-18-16-14-12-10-8-2/h59-63,68H,7-58H2,1-6H3,(H,73,74)(H,75,76)/t61-,62-,63-/m1/s1. The summed E-state index contributed by atoms with van der Waals surface area (Å²) in [5.41, 5.74) is 0. The molecule has 0 spiro atoms. The van der Waals surface area contributed by atoms with Crippen molar-refractivity contribution >= 4 is 39.5 Å². The van der Waals surface area contributed by atoms with Crippen molar-refractivity contribution in [3.63, 3.8) is 0 Å². The maximum atomic E-state index is 13.0. The van der Waals surface area contributed by atoms with Crippen LogP contribution in [0.1, 0.15) is 337 Å². The zero-order valence-corrected chi connectivity index (χ0v) is 57.4. The number of esters is 4. The molecule has 0 aliphatic heterocycles. The average molecular weight is 1270 g/mol. The Kier molecular flexibility index (Phi) is 58.0. The molecule has 19 heteroatoms. The molecular formula is C67H130O17P2. The molecule has 3 N–H and O–H groups in total. The average Bonchev–Trinajstić information content (AvgIpc) is 3.69. The number of carbonyl (C=O) groups is 4. The Hall–Kier alpha value is -1.94. The molecule has 0 aliphatic rings. The van der Waals surface area contributed by atoms with Gasteiger partial charge in [-0.3, -0.25) is 37.3 Å². The van der Waals surface area contributed by atoms with Gasteiger partial charge in [0.05, 0.1) is 26.4 Å². The van der Waals surface area contributed by atoms with E-state index in [0.717, 1.165) is 96.3 Å². The summed E-state index contributed by atoms with van der Waals surface area (Å²) in [7, 11) is -9.89. The second-order valence-corrected chi connectivity index (χ2v) is 28.1. The Morgan fingerprint density at radius 3 is 0.791 bits per heavy atom.